The number of nitrogens with one attached hydrogen (secondary N) is 2. The third-order valence-electron chi connectivity index (χ3n) is 4.41. The molecule has 0 fully saturated rings. The first-order chi connectivity index (χ1) is 12.5. The lowest BCUT2D eigenvalue weighted by Gasteiger charge is -2.14. The first-order valence-electron chi connectivity index (χ1n) is 8.55. The summed E-state index contributed by atoms with van der Waals surface area (Å²) in [6.45, 7) is 6.06. The van der Waals surface area contributed by atoms with Crippen LogP contribution in [0.15, 0.2) is 60.9 Å². The monoisotopic (exact) mass is 346 g/mol. The molecule has 2 N–H and O–H groups in total. The van der Waals surface area contributed by atoms with E-state index in [1.165, 1.54) is 11.9 Å². The summed E-state index contributed by atoms with van der Waals surface area (Å²) in [5.41, 5.74) is 4.68. The third kappa shape index (κ3) is 4.06. The average Bonchev–Trinajstić information content (AvgIpc) is 2.66. The summed E-state index contributed by atoms with van der Waals surface area (Å²) >= 11 is 0. The first-order valence-corrected chi connectivity index (χ1v) is 8.55. The van der Waals surface area contributed by atoms with E-state index in [9.17, 15) is 4.79 Å². The molecule has 5 heteroatoms. The van der Waals surface area contributed by atoms with Crippen LogP contribution in [0.4, 0.5) is 11.5 Å². The number of carbonyl (C=O) groups is 1. The number of aryl methyl sites for hydroxylation is 1. The van der Waals surface area contributed by atoms with Gasteiger partial charge < -0.3 is 10.6 Å². The van der Waals surface area contributed by atoms with Gasteiger partial charge in [-0.15, -0.1) is 0 Å². The quantitative estimate of drug-likeness (QED) is 0.722. The van der Waals surface area contributed by atoms with Crippen molar-refractivity contribution in [2.45, 2.75) is 26.8 Å². The Balaban J connectivity index is 1.74. The highest BCUT2D eigenvalue weighted by Gasteiger charge is 2.13. The topological polar surface area (TPSA) is 66.9 Å². The Labute approximate surface area is 153 Å². The molecule has 3 rings (SSSR count). The molecule has 0 radical (unpaired) electrons. The van der Waals surface area contributed by atoms with Crippen molar-refractivity contribution in [3.63, 3.8) is 0 Å². The number of benzene rings is 2. The highest BCUT2D eigenvalue weighted by molar-refractivity contribution is 5.93. The summed E-state index contributed by atoms with van der Waals surface area (Å²) in [6.07, 6.45) is 1.40. The van der Waals surface area contributed by atoms with Gasteiger partial charge in [-0.05, 0) is 43.5 Å². The highest BCUT2D eigenvalue weighted by atomic mass is 16.1. The van der Waals surface area contributed by atoms with Crippen LogP contribution in [0.5, 0.6) is 0 Å². The lowest BCUT2D eigenvalue weighted by Crippen LogP contribution is -2.27. The number of rotatable bonds is 5. The number of aromatic nitrogens is 2. The molecular weight excluding hydrogens is 324 g/mol. The minimum atomic E-state index is -0.229. The summed E-state index contributed by atoms with van der Waals surface area (Å²) in [5, 5.41) is 6.23. The standard InChI is InChI=1S/C21H22N4O/c1-14-8-7-11-18(15(14)2)25-20-12-19(22-13-23-20)21(26)24-16(3)17-9-5-4-6-10-17/h4-13,16H,1-3H3,(H,24,26)(H,22,23,25). The summed E-state index contributed by atoms with van der Waals surface area (Å²) in [6, 6.07) is 17.4. The summed E-state index contributed by atoms with van der Waals surface area (Å²) in [4.78, 5) is 20.9. The molecule has 1 heterocycles. The maximum absolute atomic E-state index is 12.5. The molecule has 2 aromatic carbocycles. The molecule has 0 aliphatic heterocycles. The van der Waals surface area contributed by atoms with Gasteiger partial charge in [0, 0.05) is 11.8 Å². The summed E-state index contributed by atoms with van der Waals surface area (Å²) < 4.78 is 0. The normalized spacial score (nSPS) is 11.7. The molecule has 0 aliphatic rings. The molecule has 5 nitrogen and oxygen atoms in total. The van der Waals surface area contributed by atoms with Crippen LogP contribution in [-0.2, 0) is 0 Å². The lowest BCUT2D eigenvalue weighted by atomic mass is 10.1. The van der Waals surface area contributed by atoms with Gasteiger partial charge in [-0.2, -0.15) is 0 Å². The van der Waals surface area contributed by atoms with Gasteiger partial charge in [0.05, 0.1) is 6.04 Å². The van der Waals surface area contributed by atoms with Gasteiger partial charge in [0.2, 0.25) is 0 Å². The summed E-state index contributed by atoms with van der Waals surface area (Å²) in [5.74, 6) is 0.360. The van der Waals surface area contributed by atoms with Gasteiger partial charge in [-0.1, -0.05) is 42.5 Å². The molecule has 0 saturated carbocycles. The molecule has 0 saturated heterocycles. The largest absolute Gasteiger partial charge is 0.344 e. The van der Waals surface area contributed by atoms with Crippen LogP contribution < -0.4 is 10.6 Å². The van der Waals surface area contributed by atoms with Gasteiger partial charge in [-0.25, -0.2) is 9.97 Å². The minimum absolute atomic E-state index is 0.103. The average molecular weight is 346 g/mol. The smallest absolute Gasteiger partial charge is 0.270 e. The van der Waals surface area contributed by atoms with Gasteiger partial charge >= 0.3 is 0 Å². The van der Waals surface area contributed by atoms with E-state index in [4.69, 9.17) is 0 Å². The Hall–Kier alpha value is -3.21. The van der Waals surface area contributed by atoms with Crippen LogP contribution in [0.3, 0.4) is 0 Å². The number of nitrogens with zero attached hydrogens (tertiary/aromatic N) is 2. The van der Waals surface area contributed by atoms with Crippen LogP contribution in [0.1, 0.15) is 40.1 Å². The van der Waals surface area contributed by atoms with E-state index in [2.05, 4.69) is 33.6 Å². The van der Waals surface area contributed by atoms with Crippen LogP contribution in [0.2, 0.25) is 0 Å². The molecular formula is C21H22N4O. The second-order valence-electron chi connectivity index (χ2n) is 6.27. The Morgan fingerprint density at radius 2 is 1.77 bits per heavy atom. The van der Waals surface area contributed by atoms with Gasteiger partial charge in [-0.3, -0.25) is 4.79 Å². The molecule has 0 spiro atoms. The maximum atomic E-state index is 12.5. The first kappa shape index (κ1) is 17.6. The number of hydrogen-bond acceptors (Lipinski definition) is 4. The van der Waals surface area contributed by atoms with Crippen molar-refractivity contribution in [3.05, 3.63) is 83.3 Å². The third-order valence-corrected chi connectivity index (χ3v) is 4.41. The van der Waals surface area contributed by atoms with Crippen molar-refractivity contribution in [1.82, 2.24) is 15.3 Å². The zero-order valence-electron chi connectivity index (χ0n) is 15.2. The Kier molecular flexibility index (Phi) is 5.27. The van der Waals surface area contributed by atoms with E-state index in [1.54, 1.807) is 6.07 Å². The van der Waals surface area contributed by atoms with Crippen molar-refractivity contribution in [2.24, 2.45) is 0 Å². The molecule has 1 aromatic heterocycles. The fourth-order valence-electron chi connectivity index (χ4n) is 2.67. The Bertz CT molecular complexity index is 909. The summed E-state index contributed by atoms with van der Waals surface area (Å²) in [7, 11) is 0. The fraction of sp³-hybridized carbons (Fsp3) is 0.190. The van der Waals surface area contributed by atoms with Crippen LogP contribution in [0, 0.1) is 13.8 Å². The van der Waals surface area contributed by atoms with E-state index in [0.717, 1.165) is 16.8 Å². The molecule has 1 atom stereocenters. The fourth-order valence-corrected chi connectivity index (χ4v) is 2.67. The second kappa shape index (κ2) is 7.78. The number of carbonyl (C=O) groups excluding carboxylic acids is 1. The van der Waals surface area contributed by atoms with Crippen LogP contribution in [-0.4, -0.2) is 15.9 Å². The maximum Gasteiger partial charge on any atom is 0.270 e. The predicted octanol–water partition coefficient (Wildman–Crippen LogP) is 4.33. The zero-order valence-corrected chi connectivity index (χ0v) is 15.2. The predicted molar refractivity (Wildman–Crippen MR) is 104 cm³/mol. The van der Waals surface area contributed by atoms with Crippen molar-refractivity contribution >= 4 is 17.4 Å². The van der Waals surface area contributed by atoms with E-state index >= 15 is 0 Å². The minimum Gasteiger partial charge on any atom is -0.344 e. The SMILES string of the molecule is Cc1cccc(Nc2cc(C(=O)NC(C)c3ccccc3)ncn2)c1C. The van der Waals surface area contributed by atoms with Gasteiger partial charge in [0.1, 0.15) is 17.8 Å². The van der Waals surface area contributed by atoms with Crippen molar-refractivity contribution in [3.8, 4) is 0 Å². The molecule has 1 amide bonds. The molecule has 0 aliphatic carbocycles. The van der Waals surface area contributed by atoms with Crippen LogP contribution in [0.25, 0.3) is 0 Å². The zero-order chi connectivity index (χ0) is 18.5. The highest BCUT2D eigenvalue weighted by Crippen LogP contribution is 2.22. The van der Waals surface area contributed by atoms with Crippen molar-refractivity contribution < 1.29 is 4.79 Å². The molecule has 0 bridgehead atoms. The molecule has 26 heavy (non-hydrogen) atoms. The van der Waals surface area contributed by atoms with E-state index in [0.29, 0.717) is 11.5 Å². The molecule has 132 valence electrons. The number of anilines is 2. The van der Waals surface area contributed by atoms with Crippen molar-refractivity contribution in [1.29, 1.82) is 0 Å². The second-order valence-corrected chi connectivity index (χ2v) is 6.27. The Morgan fingerprint density at radius 1 is 1.00 bits per heavy atom. The van der Waals surface area contributed by atoms with E-state index < -0.39 is 0 Å². The van der Waals surface area contributed by atoms with Gasteiger partial charge in [0.15, 0.2) is 0 Å². The van der Waals surface area contributed by atoms with E-state index in [1.807, 2.05) is 56.3 Å². The Morgan fingerprint density at radius 3 is 2.54 bits per heavy atom. The molecule has 3 aromatic rings. The lowest BCUT2D eigenvalue weighted by molar-refractivity contribution is 0.0934. The number of amides is 1. The number of hydrogen-bond donors (Lipinski definition) is 2. The molecule has 1 unspecified atom stereocenters. The van der Waals surface area contributed by atoms with Crippen molar-refractivity contribution in [2.75, 3.05) is 5.32 Å². The van der Waals surface area contributed by atoms with Crippen LogP contribution >= 0.6 is 0 Å². The van der Waals surface area contributed by atoms with Gasteiger partial charge in [0.25, 0.3) is 5.91 Å². The van der Waals surface area contributed by atoms with E-state index in [-0.39, 0.29) is 11.9 Å².